The summed E-state index contributed by atoms with van der Waals surface area (Å²) >= 11 is 0. The van der Waals surface area contributed by atoms with Crippen molar-refractivity contribution >= 4 is 35.0 Å². The molecular weight excluding hydrogens is 184 g/mol. The second-order valence-corrected chi connectivity index (χ2v) is 2.79. The third kappa shape index (κ3) is 3.00. The molecule has 13 heavy (non-hydrogen) atoms. The van der Waals surface area contributed by atoms with Gasteiger partial charge < -0.3 is 13.1 Å². The normalized spacial score (nSPS) is 21.2. The van der Waals surface area contributed by atoms with Crippen LogP contribution >= 0.6 is 0 Å². The van der Waals surface area contributed by atoms with E-state index >= 15 is 0 Å². The number of allylic oxidation sites excluding steroid dienone is 1. The molecule has 1 rings (SSSR count). The standard InChI is InChI=1S/C8H10O4.Mg.2H/c9-7(10)5-3-1-2-4-6(5)8(11)12;;;/h3,6H,1-2,4H2,(H,9,10)(H,11,12);;;/q;+2;2*-1. The Morgan fingerprint density at radius 1 is 1.46 bits per heavy atom. The van der Waals surface area contributed by atoms with Crippen LogP contribution < -0.4 is 0 Å². The largest absolute Gasteiger partial charge is 2.00 e. The van der Waals surface area contributed by atoms with Gasteiger partial charge in [0.25, 0.3) is 0 Å². The van der Waals surface area contributed by atoms with Gasteiger partial charge in [0.15, 0.2) is 0 Å². The summed E-state index contributed by atoms with van der Waals surface area (Å²) in [4.78, 5) is 21.1. The molecule has 5 heteroatoms. The molecule has 0 bridgehead atoms. The minimum absolute atomic E-state index is 0. The van der Waals surface area contributed by atoms with Crippen molar-refractivity contribution in [3.8, 4) is 0 Å². The summed E-state index contributed by atoms with van der Waals surface area (Å²) in [5, 5.41) is 17.3. The minimum Gasteiger partial charge on any atom is -1.00 e. The Bertz CT molecular complexity index is 255. The summed E-state index contributed by atoms with van der Waals surface area (Å²) in [6.45, 7) is 0. The van der Waals surface area contributed by atoms with Crippen LogP contribution in [-0.2, 0) is 9.59 Å². The summed E-state index contributed by atoms with van der Waals surface area (Å²) in [6.07, 6.45) is 3.37. The second kappa shape index (κ2) is 5.24. The molecule has 0 heterocycles. The van der Waals surface area contributed by atoms with E-state index in [1.54, 1.807) is 0 Å². The SMILES string of the molecule is O=C(O)C1=CCCCC1C(=O)O.[H-].[H-].[Mg+2]. The molecule has 0 saturated heterocycles. The van der Waals surface area contributed by atoms with Crippen LogP contribution in [0.4, 0.5) is 0 Å². The van der Waals surface area contributed by atoms with Crippen LogP contribution in [0, 0.1) is 5.92 Å². The average molecular weight is 196 g/mol. The zero-order valence-corrected chi connectivity index (χ0v) is 8.61. The van der Waals surface area contributed by atoms with E-state index in [2.05, 4.69) is 0 Å². The summed E-state index contributed by atoms with van der Waals surface area (Å²) in [7, 11) is 0. The molecule has 0 aliphatic heterocycles. The molecule has 4 nitrogen and oxygen atoms in total. The fraction of sp³-hybridized carbons (Fsp3) is 0.500. The third-order valence-electron chi connectivity index (χ3n) is 1.98. The molecule has 1 unspecified atom stereocenters. The second-order valence-electron chi connectivity index (χ2n) is 2.79. The molecule has 70 valence electrons. The molecule has 0 spiro atoms. The summed E-state index contributed by atoms with van der Waals surface area (Å²) in [5.74, 6) is -2.96. The van der Waals surface area contributed by atoms with E-state index in [1.807, 2.05) is 0 Å². The predicted octanol–water partition coefficient (Wildman–Crippen LogP) is 0.726. The van der Waals surface area contributed by atoms with Gasteiger partial charge in [0.05, 0.1) is 5.92 Å². The van der Waals surface area contributed by atoms with Crippen molar-refractivity contribution in [1.82, 2.24) is 0 Å². The Hall–Kier alpha value is -0.554. The Morgan fingerprint density at radius 3 is 2.46 bits per heavy atom. The molecule has 1 aliphatic carbocycles. The monoisotopic (exact) mass is 196 g/mol. The Balaban J connectivity index is -0.000000480. The van der Waals surface area contributed by atoms with E-state index in [0.717, 1.165) is 6.42 Å². The van der Waals surface area contributed by atoms with Gasteiger partial charge in [-0.25, -0.2) is 4.79 Å². The number of carboxylic acid groups (broad SMARTS) is 2. The number of hydrogen-bond donors (Lipinski definition) is 2. The van der Waals surface area contributed by atoms with Gasteiger partial charge in [-0.3, -0.25) is 4.79 Å². The smallest absolute Gasteiger partial charge is 1.00 e. The van der Waals surface area contributed by atoms with Gasteiger partial charge in [0.2, 0.25) is 0 Å². The van der Waals surface area contributed by atoms with Crippen molar-refractivity contribution < 1.29 is 22.7 Å². The Morgan fingerprint density at radius 2 is 2.08 bits per heavy atom. The van der Waals surface area contributed by atoms with E-state index in [0.29, 0.717) is 12.8 Å². The van der Waals surface area contributed by atoms with Crippen LogP contribution in [0.15, 0.2) is 11.6 Å². The quantitative estimate of drug-likeness (QED) is 0.639. The van der Waals surface area contributed by atoms with Gasteiger partial charge in [0, 0.05) is 5.57 Å². The number of carbonyl (C=O) groups is 2. The topological polar surface area (TPSA) is 74.6 Å². The Kier molecular flexibility index (Phi) is 5.01. The molecule has 0 radical (unpaired) electrons. The van der Waals surface area contributed by atoms with Gasteiger partial charge in [0.1, 0.15) is 0 Å². The summed E-state index contributed by atoms with van der Waals surface area (Å²) in [5.41, 5.74) is 0.0359. The molecule has 1 atom stereocenters. The molecular formula is C8H12MgO4. The number of aliphatic carboxylic acids is 2. The molecule has 0 saturated carbocycles. The van der Waals surface area contributed by atoms with Crippen molar-refractivity contribution in [2.45, 2.75) is 19.3 Å². The minimum atomic E-state index is -1.11. The fourth-order valence-electron chi connectivity index (χ4n) is 1.37. The predicted molar refractivity (Wildman–Crippen MR) is 48.7 cm³/mol. The zero-order valence-electron chi connectivity index (χ0n) is 9.19. The molecule has 2 N–H and O–H groups in total. The van der Waals surface area contributed by atoms with Crippen LogP contribution in [0.3, 0.4) is 0 Å². The Labute approximate surface area is 94.7 Å². The summed E-state index contributed by atoms with van der Waals surface area (Å²) < 4.78 is 0. The summed E-state index contributed by atoms with van der Waals surface area (Å²) in [6, 6.07) is 0. The van der Waals surface area contributed by atoms with E-state index in [4.69, 9.17) is 10.2 Å². The maximum atomic E-state index is 10.6. The first kappa shape index (κ1) is 12.4. The van der Waals surface area contributed by atoms with Gasteiger partial charge in [-0.1, -0.05) is 6.08 Å². The first-order valence-electron chi connectivity index (χ1n) is 3.79. The fourth-order valence-corrected chi connectivity index (χ4v) is 1.37. The van der Waals surface area contributed by atoms with Gasteiger partial charge in [-0.15, -0.1) is 0 Å². The molecule has 0 fully saturated rings. The number of hydrogen-bond acceptors (Lipinski definition) is 2. The molecule has 0 aromatic rings. The van der Waals surface area contributed by atoms with Crippen LogP contribution in [-0.4, -0.2) is 45.2 Å². The van der Waals surface area contributed by atoms with Crippen molar-refractivity contribution in [2.75, 3.05) is 0 Å². The maximum absolute atomic E-state index is 10.6. The van der Waals surface area contributed by atoms with Gasteiger partial charge in [-0.05, 0) is 19.3 Å². The first-order valence-corrected chi connectivity index (χ1v) is 3.79. The van der Waals surface area contributed by atoms with Crippen molar-refractivity contribution in [3.05, 3.63) is 11.6 Å². The molecule has 0 aromatic heterocycles. The van der Waals surface area contributed by atoms with Crippen LogP contribution in [0.5, 0.6) is 0 Å². The zero-order chi connectivity index (χ0) is 9.14. The average Bonchev–Trinajstić information content (AvgIpc) is 2.04. The van der Waals surface area contributed by atoms with Crippen molar-refractivity contribution in [2.24, 2.45) is 5.92 Å². The maximum Gasteiger partial charge on any atom is 2.00 e. The number of carboxylic acids is 2. The third-order valence-corrected chi connectivity index (χ3v) is 1.98. The molecule has 0 amide bonds. The van der Waals surface area contributed by atoms with Crippen molar-refractivity contribution in [1.29, 1.82) is 0 Å². The van der Waals surface area contributed by atoms with Crippen molar-refractivity contribution in [3.63, 3.8) is 0 Å². The molecule has 1 aliphatic rings. The van der Waals surface area contributed by atoms with Crippen LogP contribution in [0.2, 0.25) is 0 Å². The van der Waals surface area contributed by atoms with Crippen LogP contribution in [0.25, 0.3) is 0 Å². The van der Waals surface area contributed by atoms with E-state index in [9.17, 15) is 9.59 Å². The number of rotatable bonds is 2. The first-order chi connectivity index (χ1) is 5.63. The van der Waals surface area contributed by atoms with Gasteiger partial charge >= 0.3 is 35.0 Å². The van der Waals surface area contributed by atoms with Crippen LogP contribution in [0.1, 0.15) is 22.1 Å². The van der Waals surface area contributed by atoms with Gasteiger partial charge in [-0.2, -0.15) is 0 Å². The van der Waals surface area contributed by atoms with E-state index in [1.165, 1.54) is 6.08 Å². The van der Waals surface area contributed by atoms with E-state index < -0.39 is 17.9 Å². The van der Waals surface area contributed by atoms with E-state index in [-0.39, 0.29) is 31.5 Å². The molecule has 0 aromatic carbocycles.